The Morgan fingerprint density at radius 2 is 1.83 bits per heavy atom. The lowest BCUT2D eigenvalue weighted by Crippen LogP contribution is -2.48. The van der Waals surface area contributed by atoms with E-state index in [0.717, 1.165) is 65.8 Å². The van der Waals surface area contributed by atoms with Crippen molar-refractivity contribution in [1.29, 1.82) is 0 Å². The van der Waals surface area contributed by atoms with E-state index in [4.69, 9.17) is 11.6 Å². The molecule has 0 spiro atoms. The predicted octanol–water partition coefficient (Wildman–Crippen LogP) is 3.77. The number of carbonyl (C=O) groups is 1. The number of amides is 1. The highest BCUT2D eigenvalue weighted by molar-refractivity contribution is 7.17. The summed E-state index contributed by atoms with van der Waals surface area (Å²) in [7, 11) is 0. The van der Waals surface area contributed by atoms with Crippen LogP contribution in [0.2, 0.25) is 5.02 Å². The molecule has 1 fully saturated rings. The van der Waals surface area contributed by atoms with Gasteiger partial charge in [0.05, 0.1) is 10.2 Å². The topological polar surface area (TPSA) is 40.5 Å². The van der Waals surface area contributed by atoms with Crippen LogP contribution in [0.15, 0.2) is 41.8 Å². The Balaban J connectivity index is 1.41. The average molecular weight is 431 g/mol. The molecule has 3 heterocycles. The van der Waals surface area contributed by atoms with Crippen LogP contribution in [0.25, 0.3) is 10.2 Å². The second-order valence-electron chi connectivity index (χ2n) is 7.44. The number of piperazine rings is 1. The van der Waals surface area contributed by atoms with E-state index in [9.17, 15) is 4.79 Å². The number of likely N-dealkylation sites (N-methyl/N-ethyl adjacent to an activating group) is 1. The number of halogens is 1. The van der Waals surface area contributed by atoms with Crippen LogP contribution >= 0.6 is 22.9 Å². The lowest BCUT2D eigenvalue weighted by molar-refractivity contribution is 0.0929. The largest absolute Gasteiger partial charge is 0.349 e. The Bertz CT molecular complexity index is 957. The molecule has 0 radical (unpaired) electrons. The lowest BCUT2D eigenvalue weighted by atomic mass is 10.2. The maximum Gasteiger partial charge on any atom is 0.268 e. The van der Waals surface area contributed by atoms with Crippen LogP contribution in [-0.4, -0.2) is 66.1 Å². The minimum absolute atomic E-state index is 0.00504. The second kappa shape index (κ2) is 9.30. The van der Waals surface area contributed by atoms with Gasteiger partial charge < -0.3 is 14.8 Å². The number of hydrogen-bond donors (Lipinski definition) is 1. The molecule has 4 rings (SSSR count). The molecule has 3 aromatic rings. The monoisotopic (exact) mass is 430 g/mol. The highest BCUT2D eigenvalue weighted by Gasteiger charge is 2.18. The van der Waals surface area contributed by atoms with Gasteiger partial charge in [0.2, 0.25) is 0 Å². The number of thiophene rings is 1. The van der Waals surface area contributed by atoms with Gasteiger partial charge in [0, 0.05) is 50.8 Å². The molecule has 1 saturated heterocycles. The molecule has 2 aromatic heterocycles. The number of nitrogens with zero attached hydrogens (tertiary/aromatic N) is 3. The normalized spacial score (nSPS) is 15.8. The molecule has 1 N–H and O–H groups in total. The predicted molar refractivity (Wildman–Crippen MR) is 121 cm³/mol. The first-order valence-electron chi connectivity index (χ1n) is 10.2. The molecular weight excluding hydrogens is 404 g/mol. The first-order chi connectivity index (χ1) is 14.1. The summed E-state index contributed by atoms with van der Waals surface area (Å²) in [6.45, 7) is 9.93. The molecule has 0 unspecified atom stereocenters. The highest BCUT2D eigenvalue weighted by Crippen LogP contribution is 2.26. The zero-order chi connectivity index (χ0) is 20.2. The smallest absolute Gasteiger partial charge is 0.268 e. The number of nitrogens with one attached hydrogen (secondary N) is 1. The van der Waals surface area contributed by atoms with E-state index in [0.29, 0.717) is 13.1 Å². The summed E-state index contributed by atoms with van der Waals surface area (Å²) in [6, 6.07) is 11.9. The molecule has 29 heavy (non-hydrogen) atoms. The summed E-state index contributed by atoms with van der Waals surface area (Å²) < 4.78 is 3.24. The van der Waals surface area contributed by atoms with Crippen molar-refractivity contribution in [2.24, 2.45) is 0 Å². The highest BCUT2D eigenvalue weighted by atomic mass is 35.5. The summed E-state index contributed by atoms with van der Waals surface area (Å²) >= 11 is 7.68. The molecule has 1 aliphatic heterocycles. The Morgan fingerprint density at radius 1 is 1.10 bits per heavy atom. The van der Waals surface area contributed by atoms with Crippen LogP contribution in [0.3, 0.4) is 0 Å². The minimum Gasteiger partial charge on any atom is -0.349 e. The maximum absolute atomic E-state index is 12.9. The van der Waals surface area contributed by atoms with E-state index in [1.807, 2.05) is 30.3 Å². The first-order valence-corrected chi connectivity index (χ1v) is 11.4. The van der Waals surface area contributed by atoms with Crippen molar-refractivity contribution < 1.29 is 4.79 Å². The molecule has 0 saturated carbocycles. The SMILES string of the molecule is CCN1CCN(CCNC(=O)c2cc3sccc3n2Cc2ccc(Cl)cc2)CC1. The van der Waals surface area contributed by atoms with E-state index in [1.54, 1.807) is 11.3 Å². The average Bonchev–Trinajstić information content (AvgIpc) is 3.33. The van der Waals surface area contributed by atoms with Crippen LogP contribution in [-0.2, 0) is 6.54 Å². The molecule has 7 heteroatoms. The summed E-state index contributed by atoms with van der Waals surface area (Å²) in [4.78, 5) is 17.8. The fraction of sp³-hybridized carbons (Fsp3) is 0.409. The van der Waals surface area contributed by atoms with E-state index < -0.39 is 0 Å². The molecule has 154 valence electrons. The second-order valence-corrected chi connectivity index (χ2v) is 8.83. The third-order valence-corrected chi connectivity index (χ3v) is 6.74. The minimum atomic E-state index is -0.00504. The zero-order valence-electron chi connectivity index (χ0n) is 16.7. The summed E-state index contributed by atoms with van der Waals surface area (Å²) in [6.07, 6.45) is 0. The molecule has 0 bridgehead atoms. The van der Waals surface area contributed by atoms with E-state index in [2.05, 4.69) is 38.1 Å². The number of carbonyl (C=O) groups excluding carboxylic acids is 1. The molecule has 1 aromatic carbocycles. The van der Waals surface area contributed by atoms with Gasteiger partial charge in [-0.3, -0.25) is 9.69 Å². The van der Waals surface area contributed by atoms with Gasteiger partial charge in [-0.25, -0.2) is 0 Å². The van der Waals surface area contributed by atoms with Gasteiger partial charge in [0.1, 0.15) is 5.69 Å². The van der Waals surface area contributed by atoms with E-state index in [1.165, 1.54) is 0 Å². The molecular formula is C22H27ClN4OS. The number of aromatic nitrogens is 1. The molecule has 0 aliphatic carbocycles. The van der Waals surface area contributed by atoms with Gasteiger partial charge in [-0.2, -0.15) is 0 Å². The van der Waals surface area contributed by atoms with Crippen LogP contribution in [0, 0.1) is 0 Å². The third kappa shape index (κ3) is 4.83. The Labute approximate surface area is 180 Å². The van der Waals surface area contributed by atoms with Gasteiger partial charge in [-0.05, 0) is 41.8 Å². The van der Waals surface area contributed by atoms with E-state index >= 15 is 0 Å². The van der Waals surface area contributed by atoms with Gasteiger partial charge in [-0.15, -0.1) is 11.3 Å². The van der Waals surface area contributed by atoms with E-state index in [-0.39, 0.29) is 5.91 Å². The Morgan fingerprint density at radius 3 is 2.55 bits per heavy atom. The molecule has 5 nitrogen and oxygen atoms in total. The van der Waals surface area contributed by atoms with Crippen LogP contribution in [0.1, 0.15) is 23.0 Å². The number of benzene rings is 1. The Hall–Kier alpha value is -1.86. The third-order valence-electron chi connectivity index (χ3n) is 5.64. The van der Waals surface area contributed by atoms with Crippen molar-refractivity contribution in [2.45, 2.75) is 13.5 Å². The van der Waals surface area contributed by atoms with Crippen LogP contribution in [0.4, 0.5) is 0 Å². The van der Waals surface area contributed by atoms with Crippen molar-refractivity contribution in [3.63, 3.8) is 0 Å². The van der Waals surface area contributed by atoms with Gasteiger partial charge in [-0.1, -0.05) is 30.7 Å². The molecule has 1 aliphatic rings. The van der Waals surface area contributed by atoms with Crippen molar-refractivity contribution in [1.82, 2.24) is 19.7 Å². The van der Waals surface area contributed by atoms with Crippen molar-refractivity contribution >= 4 is 39.1 Å². The van der Waals surface area contributed by atoms with Gasteiger partial charge in [0.25, 0.3) is 5.91 Å². The quantitative estimate of drug-likeness (QED) is 0.620. The van der Waals surface area contributed by atoms with Crippen LogP contribution < -0.4 is 5.32 Å². The molecule has 0 atom stereocenters. The number of rotatable bonds is 7. The first kappa shape index (κ1) is 20.4. The summed E-state index contributed by atoms with van der Waals surface area (Å²) in [5.74, 6) is -0.00504. The van der Waals surface area contributed by atoms with Crippen molar-refractivity contribution in [3.8, 4) is 0 Å². The van der Waals surface area contributed by atoms with Gasteiger partial charge in [0.15, 0.2) is 0 Å². The fourth-order valence-electron chi connectivity index (χ4n) is 3.86. The molecule has 1 amide bonds. The zero-order valence-corrected chi connectivity index (χ0v) is 18.3. The standard InChI is InChI=1S/C22H27ClN4OS/c1-2-25-10-12-26(13-11-25)9-8-24-22(28)20-15-21-19(7-14-29-21)27(20)16-17-3-5-18(23)6-4-17/h3-7,14-15H,2,8-13,16H2,1H3,(H,24,28). The fourth-order valence-corrected chi connectivity index (χ4v) is 4.80. The number of hydrogen-bond acceptors (Lipinski definition) is 4. The summed E-state index contributed by atoms with van der Waals surface area (Å²) in [5.41, 5.74) is 2.95. The number of fused-ring (bicyclic) bond motifs is 1. The van der Waals surface area contributed by atoms with Crippen molar-refractivity contribution in [2.75, 3.05) is 45.8 Å². The van der Waals surface area contributed by atoms with Crippen molar-refractivity contribution in [3.05, 3.63) is 58.1 Å². The lowest BCUT2D eigenvalue weighted by Gasteiger charge is -2.33. The Kier molecular flexibility index (Phi) is 6.55. The van der Waals surface area contributed by atoms with Gasteiger partial charge >= 0.3 is 0 Å². The maximum atomic E-state index is 12.9. The van der Waals surface area contributed by atoms with Crippen LogP contribution in [0.5, 0.6) is 0 Å². The summed E-state index contributed by atoms with van der Waals surface area (Å²) in [5, 5.41) is 5.92.